The second kappa shape index (κ2) is 7.60. The molecular weight excluding hydrogens is 393 g/mol. The van der Waals surface area contributed by atoms with Gasteiger partial charge in [0.1, 0.15) is 22.2 Å². The molecule has 4 aromatic rings. The zero-order chi connectivity index (χ0) is 20.5. The van der Waals surface area contributed by atoms with Crippen LogP contribution in [0.1, 0.15) is 13.8 Å². The molecule has 0 spiro atoms. The summed E-state index contributed by atoms with van der Waals surface area (Å²) in [6, 6.07) is 12.8. The fourth-order valence-corrected chi connectivity index (χ4v) is 3.58. The summed E-state index contributed by atoms with van der Waals surface area (Å²) < 4.78 is 24.1. The Morgan fingerprint density at radius 2 is 1.93 bits per heavy atom. The van der Waals surface area contributed by atoms with Crippen LogP contribution in [0, 0.1) is 5.82 Å². The van der Waals surface area contributed by atoms with E-state index in [0.717, 1.165) is 5.56 Å². The average molecular weight is 409 g/mol. The van der Waals surface area contributed by atoms with E-state index in [2.05, 4.69) is 4.98 Å². The molecule has 1 unspecified atom stereocenters. The van der Waals surface area contributed by atoms with Crippen molar-refractivity contribution in [3.8, 4) is 27.6 Å². The van der Waals surface area contributed by atoms with Crippen molar-refractivity contribution in [1.82, 2.24) is 4.98 Å². The molecule has 4 rings (SSSR count). The van der Waals surface area contributed by atoms with Crippen molar-refractivity contribution in [3.63, 3.8) is 0 Å². The zero-order valence-corrected chi connectivity index (χ0v) is 16.5. The highest BCUT2D eigenvalue weighted by Crippen LogP contribution is 2.30. The van der Waals surface area contributed by atoms with Crippen LogP contribution in [0.4, 0.5) is 4.39 Å². The third-order valence-electron chi connectivity index (χ3n) is 4.46. The highest BCUT2D eigenvalue weighted by molar-refractivity contribution is 7.13. The fourth-order valence-electron chi connectivity index (χ4n) is 2.75. The molecule has 0 radical (unpaired) electrons. The number of halogens is 1. The van der Waals surface area contributed by atoms with Gasteiger partial charge in [0.25, 0.3) is 0 Å². The molecule has 0 aliphatic rings. The SMILES string of the molecule is CC(=O)C(C)Oc1ccc2cc(-c3csc(-c4ccc(F)cc4)n3)c(=O)oc2c1. The van der Waals surface area contributed by atoms with Gasteiger partial charge in [-0.25, -0.2) is 14.2 Å². The molecule has 2 heterocycles. The first kappa shape index (κ1) is 19.0. The van der Waals surface area contributed by atoms with Crippen LogP contribution in [0.5, 0.6) is 5.75 Å². The summed E-state index contributed by atoms with van der Waals surface area (Å²) in [5, 5.41) is 3.16. The number of thiazole rings is 1. The Bertz CT molecular complexity index is 1260. The topological polar surface area (TPSA) is 69.4 Å². The molecule has 0 saturated heterocycles. The number of benzene rings is 2. The van der Waals surface area contributed by atoms with E-state index in [-0.39, 0.29) is 11.6 Å². The first-order valence-corrected chi connectivity index (χ1v) is 9.75. The van der Waals surface area contributed by atoms with Gasteiger partial charge in [-0.2, -0.15) is 0 Å². The third kappa shape index (κ3) is 3.95. The van der Waals surface area contributed by atoms with Crippen LogP contribution < -0.4 is 10.4 Å². The number of rotatable bonds is 5. The molecule has 0 N–H and O–H groups in total. The maximum absolute atomic E-state index is 13.1. The standard InChI is InChI=1S/C22H16FNO4S/c1-12(25)13(2)27-17-8-5-15-9-18(22(26)28-20(15)10-17)19-11-29-21(24-19)14-3-6-16(23)7-4-14/h3-11,13H,1-2H3. The van der Waals surface area contributed by atoms with E-state index in [1.165, 1.54) is 30.4 Å². The van der Waals surface area contributed by atoms with Gasteiger partial charge < -0.3 is 9.15 Å². The van der Waals surface area contributed by atoms with Crippen molar-refractivity contribution in [1.29, 1.82) is 0 Å². The minimum Gasteiger partial charge on any atom is -0.483 e. The molecular formula is C22H16FNO4S. The number of fused-ring (bicyclic) bond motifs is 1. The van der Waals surface area contributed by atoms with Crippen LogP contribution in [-0.2, 0) is 4.79 Å². The summed E-state index contributed by atoms with van der Waals surface area (Å²) in [5.41, 5.74) is 1.45. The second-order valence-electron chi connectivity index (χ2n) is 6.56. The summed E-state index contributed by atoms with van der Waals surface area (Å²) >= 11 is 1.36. The van der Waals surface area contributed by atoms with Crippen LogP contribution in [0.2, 0.25) is 0 Å². The zero-order valence-electron chi connectivity index (χ0n) is 15.6. The second-order valence-corrected chi connectivity index (χ2v) is 7.42. The summed E-state index contributed by atoms with van der Waals surface area (Å²) in [6.45, 7) is 3.11. The Morgan fingerprint density at radius 1 is 1.17 bits per heavy atom. The lowest BCUT2D eigenvalue weighted by molar-refractivity contribution is -0.122. The van der Waals surface area contributed by atoms with Gasteiger partial charge in [0.15, 0.2) is 11.9 Å². The monoisotopic (exact) mass is 409 g/mol. The van der Waals surface area contributed by atoms with Gasteiger partial charge in [-0.3, -0.25) is 4.79 Å². The Labute approximate surface area is 169 Å². The van der Waals surface area contributed by atoms with Crippen molar-refractivity contribution in [3.05, 3.63) is 70.1 Å². The number of hydrogen-bond donors (Lipinski definition) is 0. The lowest BCUT2D eigenvalue weighted by Gasteiger charge is -2.11. The quantitative estimate of drug-likeness (QED) is 0.430. The molecule has 5 nitrogen and oxygen atoms in total. The van der Waals surface area contributed by atoms with Gasteiger partial charge in [0.2, 0.25) is 0 Å². The molecule has 0 bridgehead atoms. The van der Waals surface area contributed by atoms with Crippen LogP contribution in [-0.4, -0.2) is 16.9 Å². The molecule has 0 aliphatic carbocycles. The van der Waals surface area contributed by atoms with Gasteiger partial charge in [-0.1, -0.05) is 0 Å². The lowest BCUT2D eigenvalue weighted by atomic mass is 10.1. The third-order valence-corrected chi connectivity index (χ3v) is 5.36. The molecule has 7 heteroatoms. The van der Waals surface area contributed by atoms with E-state index in [9.17, 15) is 14.0 Å². The van der Waals surface area contributed by atoms with Crippen molar-refractivity contribution in [2.75, 3.05) is 0 Å². The molecule has 0 fully saturated rings. The largest absolute Gasteiger partial charge is 0.483 e. The normalized spacial score (nSPS) is 12.1. The van der Waals surface area contributed by atoms with Crippen LogP contribution in [0.15, 0.2) is 63.1 Å². The van der Waals surface area contributed by atoms with E-state index in [4.69, 9.17) is 9.15 Å². The van der Waals surface area contributed by atoms with Crippen LogP contribution >= 0.6 is 11.3 Å². The Hall–Kier alpha value is -3.32. The van der Waals surface area contributed by atoms with E-state index in [1.807, 2.05) is 0 Å². The predicted molar refractivity (Wildman–Crippen MR) is 110 cm³/mol. The van der Waals surface area contributed by atoms with Gasteiger partial charge >= 0.3 is 5.63 Å². The fraction of sp³-hybridized carbons (Fsp3) is 0.136. The van der Waals surface area contributed by atoms with E-state index >= 15 is 0 Å². The molecule has 2 aromatic carbocycles. The molecule has 0 saturated carbocycles. The van der Waals surface area contributed by atoms with Gasteiger partial charge in [0, 0.05) is 22.4 Å². The number of carbonyl (C=O) groups excluding carboxylic acids is 1. The smallest absolute Gasteiger partial charge is 0.345 e. The highest BCUT2D eigenvalue weighted by atomic mass is 32.1. The number of Topliss-reactive ketones (excluding diaryl/α,β-unsaturated/α-hetero) is 1. The van der Waals surface area contributed by atoms with Crippen molar-refractivity contribution < 1.29 is 18.3 Å². The number of nitrogens with zero attached hydrogens (tertiary/aromatic N) is 1. The Kier molecular flexibility index (Phi) is 4.98. The molecule has 0 aliphatic heterocycles. The number of carbonyl (C=O) groups is 1. The number of hydrogen-bond acceptors (Lipinski definition) is 6. The number of aromatic nitrogens is 1. The first-order chi connectivity index (χ1) is 13.9. The van der Waals surface area contributed by atoms with Crippen molar-refractivity contribution in [2.24, 2.45) is 0 Å². The summed E-state index contributed by atoms with van der Waals surface area (Å²) in [4.78, 5) is 28.4. The molecule has 2 aromatic heterocycles. The lowest BCUT2D eigenvalue weighted by Crippen LogP contribution is -2.20. The predicted octanol–water partition coefficient (Wildman–Crippen LogP) is 5.08. The summed E-state index contributed by atoms with van der Waals surface area (Å²) in [5.74, 6) is 0.0347. The highest BCUT2D eigenvalue weighted by Gasteiger charge is 2.14. The Morgan fingerprint density at radius 3 is 2.66 bits per heavy atom. The van der Waals surface area contributed by atoms with Gasteiger partial charge in [-0.15, -0.1) is 11.3 Å². The minimum absolute atomic E-state index is 0.0950. The molecule has 0 amide bonds. The first-order valence-electron chi connectivity index (χ1n) is 8.87. The maximum Gasteiger partial charge on any atom is 0.345 e. The van der Waals surface area contributed by atoms with Crippen LogP contribution in [0.25, 0.3) is 32.8 Å². The molecule has 29 heavy (non-hydrogen) atoms. The van der Waals surface area contributed by atoms with E-state index in [0.29, 0.717) is 33.0 Å². The number of ether oxygens (including phenoxy) is 1. The molecule has 146 valence electrons. The summed E-state index contributed by atoms with van der Waals surface area (Å²) in [6.07, 6.45) is -0.585. The van der Waals surface area contributed by atoms with E-state index in [1.54, 1.807) is 48.7 Å². The molecule has 1 atom stereocenters. The number of ketones is 1. The van der Waals surface area contributed by atoms with Crippen LogP contribution in [0.3, 0.4) is 0 Å². The van der Waals surface area contributed by atoms with Gasteiger partial charge in [-0.05, 0) is 56.3 Å². The summed E-state index contributed by atoms with van der Waals surface area (Å²) in [7, 11) is 0. The van der Waals surface area contributed by atoms with Crippen molar-refractivity contribution in [2.45, 2.75) is 20.0 Å². The maximum atomic E-state index is 13.1. The Balaban J connectivity index is 1.68. The van der Waals surface area contributed by atoms with Crippen molar-refractivity contribution >= 4 is 28.1 Å². The average Bonchev–Trinajstić information content (AvgIpc) is 3.17. The van der Waals surface area contributed by atoms with Gasteiger partial charge in [0.05, 0.1) is 11.3 Å². The minimum atomic E-state index is -0.585. The van der Waals surface area contributed by atoms with E-state index < -0.39 is 11.7 Å².